The summed E-state index contributed by atoms with van der Waals surface area (Å²) in [5.74, 6) is 0.135. The molecule has 0 saturated carbocycles. The third-order valence-corrected chi connectivity index (χ3v) is 9.38. The number of hydrogen-bond donors (Lipinski definition) is 1. The van der Waals surface area contributed by atoms with Gasteiger partial charge in [0.05, 0.1) is 18.8 Å². The number of carboxylic acid groups (broad SMARTS) is 1. The summed E-state index contributed by atoms with van der Waals surface area (Å²) in [5, 5.41) is 10.5. The van der Waals surface area contributed by atoms with Gasteiger partial charge in [0.25, 0.3) is 0 Å². The molecule has 2 heterocycles. The van der Waals surface area contributed by atoms with Gasteiger partial charge in [0, 0.05) is 38.1 Å². The zero-order chi connectivity index (χ0) is 27.3. The maximum Gasteiger partial charge on any atom is 0.309 e. The van der Waals surface area contributed by atoms with Gasteiger partial charge in [-0.1, -0.05) is 38.5 Å². The first-order valence-electron chi connectivity index (χ1n) is 13.3. The maximum atomic E-state index is 13.0. The first-order valence-corrected chi connectivity index (χ1v) is 14.9. The van der Waals surface area contributed by atoms with Crippen LogP contribution in [0.25, 0.3) is 0 Å². The Bertz CT molecular complexity index is 1200. The predicted molar refractivity (Wildman–Crippen MR) is 144 cm³/mol. The fourth-order valence-corrected chi connectivity index (χ4v) is 7.21. The van der Waals surface area contributed by atoms with Crippen molar-refractivity contribution in [1.29, 1.82) is 0 Å². The highest BCUT2D eigenvalue weighted by atomic mass is 32.2. The lowest BCUT2D eigenvalue weighted by atomic mass is 9.82. The van der Waals surface area contributed by atoms with Crippen LogP contribution in [-0.2, 0) is 14.8 Å². The number of rotatable bonds is 13. The largest absolute Gasteiger partial charge is 0.497 e. The summed E-state index contributed by atoms with van der Waals surface area (Å²) in [6.45, 7) is 5.75. The standard InChI is InChI=1S/C28H38N2O7S/c1-4-6-16-38(33,34)30(13-5-2)15-14-29-18-23(21-9-12-24-25(17-21)37-19-36-24)26(28(31)32)27(29)20-7-10-22(35-3)11-8-20/h7-12,17,23,26-27H,4-6,13-16,18-19H2,1-3H3,(H,31,32)/t23-,26-,27+/m1/s1. The number of benzene rings is 2. The number of fused-ring (bicyclic) bond motifs is 1. The number of hydrogen-bond acceptors (Lipinski definition) is 7. The molecule has 0 bridgehead atoms. The number of nitrogens with zero attached hydrogens (tertiary/aromatic N) is 2. The molecule has 0 amide bonds. The Hall–Kier alpha value is -2.82. The molecule has 0 spiro atoms. The van der Waals surface area contributed by atoms with Gasteiger partial charge in [-0.2, -0.15) is 0 Å². The van der Waals surface area contributed by atoms with Crippen LogP contribution >= 0.6 is 0 Å². The lowest BCUT2D eigenvalue weighted by Crippen LogP contribution is -2.40. The van der Waals surface area contributed by atoms with E-state index < -0.39 is 28.0 Å². The molecule has 38 heavy (non-hydrogen) atoms. The summed E-state index contributed by atoms with van der Waals surface area (Å²) < 4.78 is 44.0. The average Bonchev–Trinajstić information content (AvgIpc) is 3.54. The Morgan fingerprint density at radius 2 is 1.76 bits per heavy atom. The Morgan fingerprint density at radius 1 is 1.05 bits per heavy atom. The maximum absolute atomic E-state index is 13.0. The van der Waals surface area contributed by atoms with Crippen LogP contribution in [0.5, 0.6) is 17.2 Å². The van der Waals surface area contributed by atoms with E-state index in [9.17, 15) is 18.3 Å². The van der Waals surface area contributed by atoms with Gasteiger partial charge < -0.3 is 19.3 Å². The summed E-state index contributed by atoms with van der Waals surface area (Å²) >= 11 is 0. The molecule has 10 heteroatoms. The molecular weight excluding hydrogens is 508 g/mol. The minimum absolute atomic E-state index is 0.128. The van der Waals surface area contributed by atoms with Crippen LogP contribution in [0.2, 0.25) is 0 Å². The molecular formula is C28H38N2O7S. The molecule has 0 aliphatic carbocycles. The second-order valence-electron chi connectivity index (χ2n) is 9.86. The molecule has 2 aromatic rings. The Kier molecular flexibility index (Phi) is 9.17. The highest BCUT2D eigenvalue weighted by Gasteiger charge is 2.47. The van der Waals surface area contributed by atoms with Crippen molar-refractivity contribution >= 4 is 16.0 Å². The Morgan fingerprint density at radius 3 is 2.42 bits per heavy atom. The number of unbranched alkanes of at least 4 members (excludes halogenated alkanes) is 1. The lowest BCUT2D eigenvalue weighted by molar-refractivity contribution is -0.143. The Labute approximate surface area is 225 Å². The zero-order valence-corrected chi connectivity index (χ0v) is 23.2. The van der Waals surface area contributed by atoms with Gasteiger partial charge in [-0.3, -0.25) is 9.69 Å². The molecule has 2 aliphatic heterocycles. The summed E-state index contributed by atoms with van der Waals surface area (Å²) in [6, 6.07) is 12.6. The van der Waals surface area contributed by atoms with E-state index in [1.807, 2.05) is 56.3 Å². The van der Waals surface area contributed by atoms with Gasteiger partial charge in [0.1, 0.15) is 5.75 Å². The fourth-order valence-electron chi connectivity index (χ4n) is 5.48. The van der Waals surface area contributed by atoms with Crippen molar-refractivity contribution in [2.45, 2.75) is 45.1 Å². The van der Waals surface area contributed by atoms with Crippen molar-refractivity contribution in [3.05, 3.63) is 53.6 Å². The first-order chi connectivity index (χ1) is 18.3. The molecule has 0 aromatic heterocycles. The summed E-state index contributed by atoms with van der Waals surface area (Å²) in [5.41, 5.74) is 1.72. The molecule has 1 N–H and O–H groups in total. The van der Waals surface area contributed by atoms with Gasteiger partial charge in [-0.05, 0) is 48.2 Å². The molecule has 208 valence electrons. The van der Waals surface area contributed by atoms with Gasteiger partial charge in [-0.25, -0.2) is 12.7 Å². The van der Waals surface area contributed by atoms with Crippen LogP contribution in [-0.4, -0.2) is 74.5 Å². The van der Waals surface area contributed by atoms with E-state index in [0.29, 0.717) is 56.3 Å². The summed E-state index contributed by atoms with van der Waals surface area (Å²) in [4.78, 5) is 14.9. The summed E-state index contributed by atoms with van der Waals surface area (Å²) in [7, 11) is -1.80. The van der Waals surface area contributed by atoms with Crippen molar-refractivity contribution in [3.8, 4) is 17.2 Å². The van der Waals surface area contributed by atoms with E-state index in [0.717, 1.165) is 17.5 Å². The third kappa shape index (κ3) is 6.08. The zero-order valence-electron chi connectivity index (χ0n) is 22.3. The van der Waals surface area contributed by atoms with E-state index in [-0.39, 0.29) is 18.5 Å². The van der Waals surface area contributed by atoms with Crippen LogP contribution in [0.3, 0.4) is 0 Å². The lowest BCUT2D eigenvalue weighted by Gasteiger charge is -2.30. The topological polar surface area (TPSA) is 106 Å². The van der Waals surface area contributed by atoms with Gasteiger partial charge >= 0.3 is 5.97 Å². The van der Waals surface area contributed by atoms with Crippen molar-refractivity contribution in [3.63, 3.8) is 0 Å². The quantitative estimate of drug-likeness (QED) is 0.400. The monoisotopic (exact) mass is 546 g/mol. The van der Waals surface area contributed by atoms with Crippen LogP contribution in [0.15, 0.2) is 42.5 Å². The molecule has 0 radical (unpaired) electrons. The SMILES string of the molecule is CCCCS(=O)(=O)N(CCC)CCN1C[C@H](c2ccc3c(c2)OCO3)[C@@H](C(=O)O)[C@@H]1c1ccc(OC)cc1. The molecule has 1 saturated heterocycles. The fraction of sp³-hybridized carbons (Fsp3) is 0.536. The second kappa shape index (κ2) is 12.4. The number of sulfonamides is 1. The van der Waals surface area contributed by atoms with Crippen LogP contribution < -0.4 is 14.2 Å². The molecule has 1 fully saturated rings. The first kappa shape index (κ1) is 28.2. The number of carbonyl (C=O) groups is 1. The average molecular weight is 547 g/mol. The molecule has 3 atom stereocenters. The highest BCUT2D eigenvalue weighted by molar-refractivity contribution is 7.89. The number of likely N-dealkylation sites (tertiary alicyclic amines) is 1. The second-order valence-corrected chi connectivity index (χ2v) is 12.0. The normalized spacial score (nSPS) is 21.2. The van der Waals surface area contributed by atoms with Crippen molar-refractivity contribution in [2.75, 3.05) is 45.8 Å². The van der Waals surface area contributed by atoms with Gasteiger partial charge in [0.2, 0.25) is 16.8 Å². The van der Waals surface area contributed by atoms with Crippen molar-refractivity contribution in [1.82, 2.24) is 9.21 Å². The highest BCUT2D eigenvalue weighted by Crippen LogP contribution is 2.47. The number of methoxy groups -OCH3 is 1. The molecule has 0 unspecified atom stereocenters. The van der Waals surface area contributed by atoms with E-state index in [2.05, 4.69) is 4.90 Å². The minimum atomic E-state index is -3.39. The Balaban J connectivity index is 1.66. The third-order valence-electron chi connectivity index (χ3n) is 7.42. The smallest absolute Gasteiger partial charge is 0.309 e. The minimum Gasteiger partial charge on any atom is -0.497 e. The van der Waals surface area contributed by atoms with E-state index in [1.165, 1.54) is 0 Å². The van der Waals surface area contributed by atoms with Crippen LogP contribution in [0, 0.1) is 5.92 Å². The molecule has 2 aromatic carbocycles. The molecule has 4 rings (SSSR count). The summed E-state index contributed by atoms with van der Waals surface area (Å²) in [6.07, 6.45) is 2.14. The van der Waals surface area contributed by atoms with E-state index in [1.54, 1.807) is 11.4 Å². The van der Waals surface area contributed by atoms with E-state index in [4.69, 9.17) is 14.2 Å². The number of aliphatic carboxylic acids is 1. The van der Waals surface area contributed by atoms with Gasteiger partial charge in [0.15, 0.2) is 11.5 Å². The van der Waals surface area contributed by atoms with E-state index >= 15 is 0 Å². The molecule has 9 nitrogen and oxygen atoms in total. The van der Waals surface area contributed by atoms with Gasteiger partial charge in [-0.15, -0.1) is 0 Å². The van der Waals surface area contributed by atoms with Crippen molar-refractivity contribution in [2.24, 2.45) is 5.92 Å². The molecule has 2 aliphatic rings. The van der Waals surface area contributed by atoms with Crippen molar-refractivity contribution < 1.29 is 32.5 Å². The number of carboxylic acids is 1. The number of ether oxygens (including phenoxy) is 3. The van der Waals surface area contributed by atoms with Crippen LogP contribution in [0.1, 0.15) is 56.2 Å². The van der Waals surface area contributed by atoms with Crippen LogP contribution in [0.4, 0.5) is 0 Å². The predicted octanol–water partition coefficient (Wildman–Crippen LogP) is 4.11.